The molecule has 2 rings (SSSR count). The van der Waals surface area contributed by atoms with Gasteiger partial charge in [-0.2, -0.15) is 4.98 Å². The zero-order chi connectivity index (χ0) is 14.6. The summed E-state index contributed by atoms with van der Waals surface area (Å²) in [5.41, 5.74) is 5.45. The molecule has 5 nitrogen and oxygen atoms in total. The number of ether oxygens (including phenoxy) is 1. The summed E-state index contributed by atoms with van der Waals surface area (Å²) in [6.07, 6.45) is 5.07. The highest BCUT2D eigenvalue weighted by atomic mass is 16.5. The van der Waals surface area contributed by atoms with Gasteiger partial charge in [-0.1, -0.05) is 19.0 Å². The minimum atomic E-state index is -0.379. The molecule has 0 saturated carbocycles. The highest BCUT2D eigenvalue weighted by Gasteiger charge is 2.35. The summed E-state index contributed by atoms with van der Waals surface area (Å²) >= 11 is 0. The number of hydrogen-bond acceptors (Lipinski definition) is 5. The zero-order valence-corrected chi connectivity index (χ0v) is 12.9. The van der Waals surface area contributed by atoms with E-state index in [0.29, 0.717) is 30.1 Å². The van der Waals surface area contributed by atoms with Gasteiger partial charge in [0, 0.05) is 13.0 Å². The first kappa shape index (κ1) is 15.4. The maximum atomic E-state index is 5.85. The SMILES string of the molecule is CC(C)CC(CN)Cc1nc(C2(C)CCCCO2)no1. The Kier molecular flexibility index (Phi) is 5.16. The normalized spacial score (nSPS) is 25.1. The van der Waals surface area contributed by atoms with Crippen molar-refractivity contribution >= 4 is 0 Å². The minimum absolute atomic E-state index is 0.379. The molecule has 114 valence electrons. The molecule has 2 heterocycles. The molecule has 2 N–H and O–H groups in total. The van der Waals surface area contributed by atoms with E-state index in [1.54, 1.807) is 0 Å². The van der Waals surface area contributed by atoms with Gasteiger partial charge in [-0.3, -0.25) is 0 Å². The van der Waals surface area contributed by atoms with Crippen molar-refractivity contribution in [3.8, 4) is 0 Å². The minimum Gasteiger partial charge on any atom is -0.367 e. The molecule has 0 amide bonds. The van der Waals surface area contributed by atoms with E-state index in [2.05, 4.69) is 30.9 Å². The summed E-state index contributed by atoms with van der Waals surface area (Å²) in [5.74, 6) is 2.41. The molecule has 0 radical (unpaired) electrons. The van der Waals surface area contributed by atoms with E-state index in [9.17, 15) is 0 Å². The van der Waals surface area contributed by atoms with Crippen LogP contribution in [0, 0.1) is 11.8 Å². The monoisotopic (exact) mass is 281 g/mol. The maximum Gasteiger partial charge on any atom is 0.227 e. The molecule has 1 aliphatic rings. The zero-order valence-electron chi connectivity index (χ0n) is 12.9. The maximum absolute atomic E-state index is 5.85. The van der Waals surface area contributed by atoms with Crippen LogP contribution in [0.3, 0.4) is 0 Å². The van der Waals surface area contributed by atoms with Gasteiger partial charge in [-0.15, -0.1) is 0 Å². The van der Waals surface area contributed by atoms with Crippen molar-refractivity contribution in [3.63, 3.8) is 0 Å². The number of hydrogen-bond donors (Lipinski definition) is 1. The van der Waals surface area contributed by atoms with Gasteiger partial charge in [0.1, 0.15) is 5.60 Å². The molecule has 1 fully saturated rings. The second-order valence-electron chi connectivity index (χ2n) is 6.48. The molecule has 0 aliphatic carbocycles. The van der Waals surface area contributed by atoms with Crippen molar-refractivity contribution in [3.05, 3.63) is 11.7 Å². The first-order chi connectivity index (χ1) is 9.53. The van der Waals surface area contributed by atoms with Gasteiger partial charge in [0.25, 0.3) is 0 Å². The number of aromatic nitrogens is 2. The number of nitrogens with zero attached hydrogens (tertiary/aromatic N) is 2. The van der Waals surface area contributed by atoms with Crippen LogP contribution in [0.25, 0.3) is 0 Å². The second-order valence-corrected chi connectivity index (χ2v) is 6.48. The first-order valence-corrected chi connectivity index (χ1v) is 7.70. The smallest absolute Gasteiger partial charge is 0.227 e. The van der Waals surface area contributed by atoms with E-state index in [1.807, 2.05) is 0 Å². The Morgan fingerprint density at radius 3 is 2.75 bits per heavy atom. The molecular formula is C15H27N3O2. The third-order valence-electron chi connectivity index (χ3n) is 4.01. The summed E-state index contributed by atoms with van der Waals surface area (Å²) in [5, 5.41) is 4.13. The molecule has 0 bridgehead atoms. The predicted octanol–water partition coefficient (Wildman–Crippen LogP) is 2.65. The van der Waals surface area contributed by atoms with Gasteiger partial charge in [-0.05, 0) is 51.0 Å². The average Bonchev–Trinajstić information content (AvgIpc) is 2.87. The van der Waals surface area contributed by atoms with Crippen molar-refractivity contribution in [2.24, 2.45) is 17.6 Å². The number of rotatable bonds is 6. The van der Waals surface area contributed by atoms with Gasteiger partial charge in [0.2, 0.25) is 11.7 Å². The molecule has 20 heavy (non-hydrogen) atoms. The highest BCUT2D eigenvalue weighted by Crippen LogP contribution is 2.32. The fourth-order valence-electron chi connectivity index (χ4n) is 2.84. The standard InChI is InChI=1S/C15H27N3O2/c1-11(2)8-12(10-16)9-13-17-14(18-20-13)15(3)6-4-5-7-19-15/h11-12H,4-10,16H2,1-3H3. The van der Waals surface area contributed by atoms with Crippen LogP contribution in [-0.4, -0.2) is 23.3 Å². The summed E-state index contributed by atoms with van der Waals surface area (Å²) in [6, 6.07) is 0. The van der Waals surface area contributed by atoms with E-state index in [0.717, 1.165) is 38.7 Å². The van der Waals surface area contributed by atoms with Crippen LogP contribution in [-0.2, 0) is 16.8 Å². The third-order valence-corrected chi connectivity index (χ3v) is 4.01. The average molecular weight is 281 g/mol. The van der Waals surface area contributed by atoms with E-state index in [1.165, 1.54) is 0 Å². The fourth-order valence-corrected chi connectivity index (χ4v) is 2.84. The molecule has 2 atom stereocenters. The lowest BCUT2D eigenvalue weighted by Gasteiger charge is -2.30. The summed E-state index contributed by atoms with van der Waals surface area (Å²) in [6.45, 7) is 7.90. The largest absolute Gasteiger partial charge is 0.367 e. The van der Waals surface area contributed by atoms with Crippen LogP contribution in [0.2, 0.25) is 0 Å². The lowest BCUT2D eigenvalue weighted by atomic mass is 9.94. The topological polar surface area (TPSA) is 74.2 Å². The van der Waals surface area contributed by atoms with Crippen molar-refractivity contribution in [2.75, 3.05) is 13.2 Å². The summed E-state index contributed by atoms with van der Waals surface area (Å²) in [7, 11) is 0. The van der Waals surface area contributed by atoms with Crippen molar-refractivity contribution < 1.29 is 9.26 Å². The Bertz CT molecular complexity index is 411. The lowest BCUT2D eigenvalue weighted by Crippen LogP contribution is -2.31. The number of nitrogens with two attached hydrogens (primary N) is 1. The van der Waals surface area contributed by atoms with Gasteiger partial charge < -0.3 is 15.0 Å². The van der Waals surface area contributed by atoms with Crippen LogP contribution in [0.1, 0.15) is 58.2 Å². The summed E-state index contributed by atoms with van der Waals surface area (Å²) < 4.78 is 11.3. The van der Waals surface area contributed by atoms with Gasteiger partial charge in [0.15, 0.2) is 0 Å². The fraction of sp³-hybridized carbons (Fsp3) is 0.867. The van der Waals surface area contributed by atoms with E-state index < -0.39 is 0 Å². The molecule has 1 aromatic rings. The molecule has 2 unspecified atom stereocenters. The van der Waals surface area contributed by atoms with Gasteiger partial charge in [-0.25, -0.2) is 0 Å². The molecule has 1 aromatic heterocycles. The van der Waals surface area contributed by atoms with Gasteiger partial charge >= 0.3 is 0 Å². The van der Waals surface area contributed by atoms with Crippen LogP contribution < -0.4 is 5.73 Å². The van der Waals surface area contributed by atoms with E-state index >= 15 is 0 Å². The van der Waals surface area contributed by atoms with E-state index in [-0.39, 0.29) is 5.60 Å². The van der Waals surface area contributed by atoms with Crippen LogP contribution in [0.15, 0.2) is 4.52 Å². The second kappa shape index (κ2) is 6.68. The van der Waals surface area contributed by atoms with Crippen molar-refractivity contribution in [1.29, 1.82) is 0 Å². The Morgan fingerprint density at radius 1 is 1.35 bits per heavy atom. The van der Waals surface area contributed by atoms with Gasteiger partial charge in [0.05, 0.1) is 0 Å². The molecule has 0 aromatic carbocycles. The Balaban J connectivity index is 2.01. The van der Waals surface area contributed by atoms with Crippen LogP contribution >= 0.6 is 0 Å². The Labute approximate surface area is 121 Å². The van der Waals surface area contributed by atoms with Crippen molar-refractivity contribution in [1.82, 2.24) is 10.1 Å². The third kappa shape index (κ3) is 3.79. The van der Waals surface area contributed by atoms with E-state index in [4.69, 9.17) is 15.0 Å². The van der Waals surface area contributed by atoms with Crippen LogP contribution in [0.5, 0.6) is 0 Å². The Morgan fingerprint density at radius 2 is 2.15 bits per heavy atom. The van der Waals surface area contributed by atoms with Crippen molar-refractivity contribution in [2.45, 2.75) is 58.5 Å². The highest BCUT2D eigenvalue weighted by molar-refractivity contribution is 5.01. The molecule has 1 saturated heterocycles. The molecular weight excluding hydrogens is 254 g/mol. The molecule has 5 heteroatoms. The lowest BCUT2D eigenvalue weighted by molar-refractivity contribution is -0.0770. The molecule has 1 aliphatic heterocycles. The molecule has 0 spiro atoms. The Hall–Kier alpha value is -0.940. The van der Waals surface area contributed by atoms with Crippen LogP contribution in [0.4, 0.5) is 0 Å². The quantitative estimate of drug-likeness (QED) is 0.867. The predicted molar refractivity (Wildman–Crippen MR) is 77.2 cm³/mol. The first-order valence-electron chi connectivity index (χ1n) is 7.70. The summed E-state index contributed by atoms with van der Waals surface area (Å²) in [4.78, 5) is 4.54.